The molecule has 8 nitrogen and oxygen atoms in total. The lowest BCUT2D eigenvalue weighted by Crippen LogP contribution is -2.49. The van der Waals surface area contributed by atoms with Gasteiger partial charge in [0.2, 0.25) is 10.0 Å². The lowest BCUT2D eigenvalue weighted by atomic mass is 10.1. The highest BCUT2D eigenvalue weighted by molar-refractivity contribution is 7.89. The molecule has 0 aromatic heterocycles. The van der Waals surface area contributed by atoms with E-state index in [-0.39, 0.29) is 24.6 Å². The van der Waals surface area contributed by atoms with Crippen molar-refractivity contribution >= 4 is 16.0 Å². The van der Waals surface area contributed by atoms with Crippen molar-refractivity contribution in [1.29, 1.82) is 0 Å². The molecule has 220 valence electrons. The van der Waals surface area contributed by atoms with Crippen molar-refractivity contribution < 1.29 is 40.6 Å². The Balaban J connectivity index is 1.44. The van der Waals surface area contributed by atoms with Gasteiger partial charge in [-0.3, -0.25) is 4.90 Å². The van der Waals surface area contributed by atoms with Crippen molar-refractivity contribution in [2.75, 3.05) is 46.9 Å². The number of piperazine rings is 1. The quantitative estimate of drug-likeness (QED) is 0.314. The molecule has 1 heterocycles. The summed E-state index contributed by atoms with van der Waals surface area (Å²) in [7, 11) is -1.20. The van der Waals surface area contributed by atoms with Crippen molar-refractivity contribution in [3.05, 3.63) is 95.1 Å². The van der Waals surface area contributed by atoms with Gasteiger partial charge >= 0.3 is 12.1 Å². The van der Waals surface area contributed by atoms with Crippen LogP contribution in [0.15, 0.2) is 77.7 Å². The minimum atomic E-state index is -4.64. The number of benzene rings is 3. The first-order valence-electron chi connectivity index (χ1n) is 12.8. The zero-order valence-corrected chi connectivity index (χ0v) is 23.5. The summed E-state index contributed by atoms with van der Waals surface area (Å²) in [4.78, 5) is 13.4. The molecule has 0 bridgehead atoms. The molecule has 1 aliphatic heterocycles. The molecule has 0 amide bonds. The standard InChI is InChI=1S/C29H31F3N2O6S/c1-38-25-7-3-5-23(17-25)27(40-20-21-9-11-22(12-10-21)28(35)39-2)19-33-13-15-34(16-14-33)41(36,37)26-8-4-6-24(18-26)29(30,31)32/h3-12,17-18,27H,13-16,19-20H2,1-2H3/t27-/m0/s1. The van der Waals surface area contributed by atoms with Gasteiger partial charge in [0.25, 0.3) is 0 Å². The number of rotatable bonds is 10. The maximum atomic E-state index is 13.1. The van der Waals surface area contributed by atoms with Crippen LogP contribution in [0.1, 0.15) is 33.2 Å². The topological polar surface area (TPSA) is 85.4 Å². The molecule has 0 radical (unpaired) electrons. The summed E-state index contributed by atoms with van der Waals surface area (Å²) in [5.74, 6) is 0.233. The first-order chi connectivity index (χ1) is 19.5. The Hall–Kier alpha value is -3.45. The van der Waals surface area contributed by atoms with E-state index in [9.17, 15) is 26.4 Å². The molecule has 12 heteroatoms. The molecule has 0 aliphatic carbocycles. The van der Waals surface area contributed by atoms with E-state index in [0.29, 0.717) is 37.0 Å². The summed E-state index contributed by atoms with van der Waals surface area (Å²) in [5.41, 5.74) is 1.14. The van der Waals surface area contributed by atoms with Gasteiger partial charge in [-0.2, -0.15) is 17.5 Å². The second-order valence-electron chi connectivity index (χ2n) is 9.50. The number of sulfonamides is 1. The van der Waals surface area contributed by atoms with E-state index in [4.69, 9.17) is 14.2 Å². The Morgan fingerprint density at radius 3 is 2.24 bits per heavy atom. The SMILES string of the molecule is COC(=O)c1ccc(CO[C@@H](CN2CCN(S(=O)(=O)c3cccc(C(F)(F)F)c3)CC2)c2cccc(OC)c2)cc1. The van der Waals surface area contributed by atoms with E-state index in [0.717, 1.165) is 23.3 Å². The Kier molecular flexibility index (Phi) is 9.69. The second-order valence-corrected chi connectivity index (χ2v) is 11.4. The largest absolute Gasteiger partial charge is 0.497 e. The highest BCUT2D eigenvalue weighted by Crippen LogP contribution is 2.31. The van der Waals surface area contributed by atoms with Crippen LogP contribution in [0.4, 0.5) is 13.2 Å². The molecule has 4 rings (SSSR count). The van der Waals surface area contributed by atoms with Crippen LogP contribution in [0.25, 0.3) is 0 Å². The first-order valence-corrected chi connectivity index (χ1v) is 14.3. The fraction of sp³-hybridized carbons (Fsp3) is 0.345. The number of methoxy groups -OCH3 is 2. The average Bonchev–Trinajstić information content (AvgIpc) is 2.99. The summed E-state index contributed by atoms with van der Waals surface area (Å²) in [6.07, 6.45) is -5.03. The minimum absolute atomic E-state index is 0.123. The third kappa shape index (κ3) is 7.64. The van der Waals surface area contributed by atoms with Crippen LogP contribution in [0.3, 0.4) is 0 Å². The predicted octanol–water partition coefficient (Wildman–Crippen LogP) is 4.77. The van der Waals surface area contributed by atoms with Gasteiger partial charge in [-0.25, -0.2) is 13.2 Å². The number of hydrogen-bond acceptors (Lipinski definition) is 7. The van der Waals surface area contributed by atoms with E-state index in [1.165, 1.54) is 17.5 Å². The highest BCUT2D eigenvalue weighted by atomic mass is 32.2. The third-order valence-electron chi connectivity index (χ3n) is 6.85. The van der Waals surface area contributed by atoms with E-state index < -0.39 is 33.8 Å². The van der Waals surface area contributed by atoms with Gasteiger partial charge in [0.05, 0.1) is 43.0 Å². The Bertz CT molecular complexity index is 1440. The number of esters is 1. The van der Waals surface area contributed by atoms with Crippen molar-refractivity contribution in [1.82, 2.24) is 9.21 Å². The summed E-state index contributed by atoms with van der Waals surface area (Å²) in [6.45, 7) is 1.70. The predicted molar refractivity (Wildman–Crippen MR) is 145 cm³/mol. The number of ether oxygens (including phenoxy) is 3. The monoisotopic (exact) mass is 592 g/mol. The van der Waals surface area contributed by atoms with Gasteiger partial charge in [0.1, 0.15) is 5.75 Å². The molecule has 3 aromatic carbocycles. The number of alkyl halides is 3. The van der Waals surface area contributed by atoms with Crippen molar-refractivity contribution in [2.24, 2.45) is 0 Å². The smallest absolute Gasteiger partial charge is 0.416 e. The van der Waals surface area contributed by atoms with Gasteiger partial charge in [-0.1, -0.05) is 30.3 Å². The van der Waals surface area contributed by atoms with Crippen LogP contribution in [-0.4, -0.2) is 70.5 Å². The first kappa shape index (κ1) is 30.5. The summed E-state index contributed by atoms with van der Waals surface area (Å²) < 4.78 is 83.3. The van der Waals surface area contributed by atoms with Crippen LogP contribution in [-0.2, 0) is 32.3 Å². The van der Waals surface area contributed by atoms with Crippen molar-refractivity contribution in [3.63, 3.8) is 0 Å². The van der Waals surface area contributed by atoms with Crippen LogP contribution in [0.5, 0.6) is 5.75 Å². The molecule has 1 aliphatic rings. The molecule has 0 N–H and O–H groups in total. The maximum Gasteiger partial charge on any atom is 0.416 e. The molecule has 1 fully saturated rings. The normalized spacial score (nSPS) is 15.8. The van der Waals surface area contributed by atoms with Crippen LogP contribution in [0.2, 0.25) is 0 Å². The fourth-order valence-electron chi connectivity index (χ4n) is 4.52. The Morgan fingerprint density at radius 2 is 1.61 bits per heavy atom. The maximum absolute atomic E-state index is 13.1. The summed E-state index contributed by atoms with van der Waals surface area (Å²) in [5, 5.41) is 0. The van der Waals surface area contributed by atoms with Crippen molar-refractivity contribution in [3.8, 4) is 5.75 Å². The molecular formula is C29H31F3N2O6S. The van der Waals surface area contributed by atoms with Gasteiger partial charge < -0.3 is 14.2 Å². The zero-order valence-electron chi connectivity index (χ0n) is 22.6. The molecule has 1 saturated heterocycles. The zero-order chi connectivity index (χ0) is 29.6. The number of halogens is 3. The van der Waals surface area contributed by atoms with E-state index in [1.807, 2.05) is 24.3 Å². The van der Waals surface area contributed by atoms with Crippen LogP contribution >= 0.6 is 0 Å². The average molecular weight is 593 g/mol. The van der Waals surface area contributed by atoms with Gasteiger partial charge in [0.15, 0.2) is 0 Å². The summed E-state index contributed by atoms with van der Waals surface area (Å²) >= 11 is 0. The number of hydrogen-bond donors (Lipinski definition) is 0. The molecule has 41 heavy (non-hydrogen) atoms. The van der Waals surface area contributed by atoms with Crippen LogP contribution < -0.4 is 4.74 Å². The van der Waals surface area contributed by atoms with Gasteiger partial charge in [-0.05, 0) is 53.6 Å². The van der Waals surface area contributed by atoms with Gasteiger partial charge in [-0.15, -0.1) is 0 Å². The second kappa shape index (κ2) is 13.0. The van der Waals surface area contributed by atoms with Crippen LogP contribution in [0, 0.1) is 0 Å². The lowest BCUT2D eigenvalue weighted by molar-refractivity contribution is -0.137. The van der Waals surface area contributed by atoms with Crippen molar-refractivity contribution in [2.45, 2.75) is 23.8 Å². The van der Waals surface area contributed by atoms with E-state index in [1.54, 1.807) is 31.4 Å². The van der Waals surface area contributed by atoms with E-state index >= 15 is 0 Å². The molecule has 0 unspecified atom stereocenters. The molecule has 1 atom stereocenters. The highest BCUT2D eigenvalue weighted by Gasteiger charge is 2.34. The summed E-state index contributed by atoms with van der Waals surface area (Å²) in [6, 6.07) is 18.2. The molecule has 0 saturated carbocycles. The Labute approximate surface area is 237 Å². The molecular weight excluding hydrogens is 561 g/mol. The molecule has 3 aromatic rings. The number of nitrogens with zero attached hydrogens (tertiary/aromatic N) is 2. The van der Waals surface area contributed by atoms with E-state index in [2.05, 4.69) is 4.90 Å². The number of carbonyl (C=O) groups is 1. The third-order valence-corrected chi connectivity index (χ3v) is 8.74. The van der Waals surface area contributed by atoms with Gasteiger partial charge in [0, 0.05) is 32.7 Å². The number of carbonyl (C=O) groups excluding carboxylic acids is 1. The Morgan fingerprint density at radius 1 is 0.927 bits per heavy atom. The fourth-order valence-corrected chi connectivity index (χ4v) is 5.99. The molecule has 0 spiro atoms. The lowest BCUT2D eigenvalue weighted by Gasteiger charge is -2.36. The minimum Gasteiger partial charge on any atom is -0.497 e.